The molecule has 2 amide bonds. The van der Waals surface area contributed by atoms with Gasteiger partial charge in [0.2, 0.25) is 5.91 Å². The second-order valence-corrected chi connectivity index (χ2v) is 9.08. The molecule has 3 N–H and O–H groups in total. The summed E-state index contributed by atoms with van der Waals surface area (Å²) in [6.07, 6.45) is 6.02. The molecule has 2 unspecified atom stereocenters. The van der Waals surface area contributed by atoms with E-state index in [9.17, 15) is 9.59 Å². The molecule has 168 valence electrons. The number of piperidine rings is 1. The fraction of sp³-hybridized carbons (Fsp3) is 0.500. The van der Waals surface area contributed by atoms with Gasteiger partial charge >= 0.3 is 0 Å². The van der Waals surface area contributed by atoms with Gasteiger partial charge in [-0.05, 0) is 50.3 Å². The zero-order valence-corrected chi connectivity index (χ0v) is 19.4. The summed E-state index contributed by atoms with van der Waals surface area (Å²) in [4.78, 5) is 27.6. The molecule has 2 heterocycles. The maximum atomic E-state index is 12.9. The van der Waals surface area contributed by atoms with Gasteiger partial charge in [0.15, 0.2) is 0 Å². The average Bonchev–Trinajstić information content (AvgIpc) is 2.71. The van der Waals surface area contributed by atoms with Gasteiger partial charge in [0.25, 0.3) is 5.91 Å². The number of hydrogen-bond donors (Lipinski definition) is 3. The number of nitrogens with zero attached hydrogens (tertiary/aromatic N) is 1. The Morgan fingerprint density at radius 1 is 1.32 bits per heavy atom. The fourth-order valence-corrected chi connectivity index (χ4v) is 4.60. The number of allylic oxidation sites excluding steroid dienone is 2. The highest BCUT2D eigenvalue weighted by molar-refractivity contribution is 6.31. The largest absolute Gasteiger partial charge is 0.382 e. The zero-order valence-electron chi connectivity index (χ0n) is 18.6. The van der Waals surface area contributed by atoms with Crippen molar-refractivity contribution in [2.24, 2.45) is 11.8 Å². The topological polar surface area (TPSA) is 73.5 Å². The van der Waals surface area contributed by atoms with Crippen molar-refractivity contribution in [3.8, 4) is 0 Å². The number of nitrogens with one attached hydrogen (secondary N) is 3. The van der Waals surface area contributed by atoms with Gasteiger partial charge in [0.05, 0.1) is 5.92 Å². The second kappa shape index (κ2) is 10.3. The summed E-state index contributed by atoms with van der Waals surface area (Å²) >= 11 is 6.35. The molecule has 0 spiro atoms. The lowest BCUT2D eigenvalue weighted by Gasteiger charge is -2.32. The minimum atomic E-state index is -0.287. The van der Waals surface area contributed by atoms with Crippen molar-refractivity contribution in [3.63, 3.8) is 0 Å². The van der Waals surface area contributed by atoms with Gasteiger partial charge in [-0.1, -0.05) is 30.7 Å². The van der Waals surface area contributed by atoms with Gasteiger partial charge in [-0.2, -0.15) is 0 Å². The molecule has 0 aromatic heterocycles. The van der Waals surface area contributed by atoms with Crippen LogP contribution in [-0.4, -0.2) is 48.9 Å². The summed E-state index contributed by atoms with van der Waals surface area (Å²) in [5, 5.41) is 9.87. The van der Waals surface area contributed by atoms with Crippen molar-refractivity contribution in [3.05, 3.63) is 52.7 Å². The fourth-order valence-electron chi connectivity index (χ4n) is 4.38. The maximum absolute atomic E-state index is 12.9. The van der Waals surface area contributed by atoms with Crippen LogP contribution < -0.4 is 16.0 Å². The van der Waals surface area contributed by atoms with Crippen molar-refractivity contribution < 1.29 is 9.59 Å². The molecule has 2 aliphatic heterocycles. The van der Waals surface area contributed by atoms with Crippen LogP contribution in [0.5, 0.6) is 0 Å². The first kappa shape index (κ1) is 23.4. The highest BCUT2D eigenvalue weighted by Gasteiger charge is 2.28. The number of benzene rings is 1. The van der Waals surface area contributed by atoms with E-state index < -0.39 is 0 Å². The number of hydrogen-bond acceptors (Lipinski definition) is 4. The SMILES string of the molecule is C=CCN1CCC(Nc2cc(Cl)cc(C(=O)NCC3C(=O)NC(C)=CC3C)c2C)CC1. The zero-order chi connectivity index (χ0) is 22.5. The molecule has 31 heavy (non-hydrogen) atoms. The quantitative estimate of drug-likeness (QED) is 0.560. The normalized spacial score (nSPS) is 22.5. The van der Waals surface area contributed by atoms with Crippen LogP contribution in [0.25, 0.3) is 0 Å². The van der Waals surface area contributed by atoms with Gasteiger partial charge in [0, 0.05) is 54.2 Å². The van der Waals surface area contributed by atoms with Crippen LogP contribution in [0.15, 0.2) is 36.6 Å². The molecule has 2 aliphatic rings. The smallest absolute Gasteiger partial charge is 0.251 e. The lowest BCUT2D eigenvalue weighted by molar-refractivity contribution is -0.125. The van der Waals surface area contributed by atoms with Gasteiger partial charge in [-0.3, -0.25) is 14.5 Å². The Labute approximate surface area is 190 Å². The lowest BCUT2D eigenvalue weighted by atomic mass is 9.89. The van der Waals surface area contributed by atoms with Crippen molar-refractivity contribution in [1.29, 1.82) is 0 Å². The minimum absolute atomic E-state index is 0.0548. The summed E-state index contributed by atoms with van der Waals surface area (Å²) in [6, 6.07) is 3.92. The van der Waals surface area contributed by atoms with Crippen LogP contribution >= 0.6 is 11.6 Å². The average molecular weight is 445 g/mol. The van der Waals surface area contributed by atoms with Gasteiger partial charge in [0.1, 0.15) is 0 Å². The molecule has 1 saturated heterocycles. The van der Waals surface area contributed by atoms with E-state index in [4.69, 9.17) is 11.6 Å². The first-order valence-corrected chi connectivity index (χ1v) is 11.3. The van der Waals surface area contributed by atoms with Gasteiger partial charge in [-0.25, -0.2) is 0 Å². The maximum Gasteiger partial charge on any atom is 0.251 e. The van der Waals surface area contributed by atoms with E-state index >= 15 is 0 Å². The van der Waals surface area contributed by atoms with E-state index in [1.165, 1.54) is 0 Å². The molecule has 0 saturated carbocycles. The third-order valence-electron chi connectivity index (χ3n) is 6.24. The van der Waals surface area contributed by atoms with E-state index in [1.807, 2.05) is 39.0 Å². The van der Waals surface area contributed by atoms with Crippen molar-refractivity contribution in [2.75, 3.05) is 31.5 Å². The Morgan fingerprint density at radius 3 is 2.68 bits per heavy atom. The van der Waals surface area contributed by atoms with E-state index in [0.717, 1.165) is 49.4 Å². The Hall–Kier alpha value is -2.31. The van der Waals surface area contributed by atoms with Crippen molar-refractivity contribution in [2.45, 2.75) is 39.7 Å². The molecular weight excluding hydrogens is 412 g/mol. The van der Waals surface area contributed by atoms with Gasteiger partial charge < -0.3 is 16.0 Å². The van der Waals surface area contributed by atoms with E-state index in [1.54, 1.807) is 6.07 Å². The predicted molar refractivity (Wildman–Crippen MR) is 126 cm³/mol. The van der Waals surface area contributed by atoms with Crippen LogP contribution in [0.3, 0.4) is 0 Å². The molecule has 7 heteroatoms. The van der Waals surface area contributed by atoms with Crippen molar-refractivity contribution >= 4 is 29.1 Å². The molecule has 1 aromatic carbocycles. The highest BCUT2D eigenvalue weighted by atomic mass is 35.5. The van der Waals surface area contributed by atoms with Crippen LogP contribution in [0.2, 0.25) is 5.02 Å². The summed E-state index contributed by atoms with van der Waals surface area (Å²) < 4.78 is 0. The number of anilines is 1. The minimum Gasteiger partial charge on any atom is -0.382 e. The third-order valence-corrected chi connectivity index (χ3v) is 6.46. The Bertz CT molecular complexity index is 875. The number of halogens is 1. The summed E-state index contributed by atoms with van der Waals surface area (Å²) in [5.41, 5.74) is 3.15. The second-order valence-electron chi connectivity index (χ2n) is 8.65. The lowest BCUT2D eigenvalue weighted by Crippen LogP contribution is -2.44. The first-order chi connectivity index (χ1) is 14.8. The summed E-state index contributed by atoms with van der Waals surface area (Å²) in [7, 11) is 0. The Balaban J connectivity index is 1.65. The van der Waals surface area contributed by atoms with E-state index in [-0.39, 0.29) is 30.2 Å². The number of carbonyl (C=O) groups is 2. The highest BCUT2D eigenvalue weighted by Crippen LogP contribution is 2.27. The standard InChI is InChI=1S/C24H33ClN4O2/c1-5-8-29-9-6-19(7-10-29)28-22-13-18(25)12-20(17(22)4)23(30)26-14-21-15(2)11-16(3)27-24(21)31/h5,11-13,15,19,21,28H,1,6-10,14H2,2-4H3,(H,26,30)(H,27,31). The van der Waals surface area contributed by atoms with Crippen molar-refractivity contribution in [1.82, 2.24) is 15.5 Å². The predicted octanol–water partition coefficient (Wildman–Crippen LogP) is 3.73. The molecule has 2 atom stereocenters. The molecule has 3 rings (SSSR count). The van der Waals surface area contributed by atoms with Gasteiger partial charge in [-0.15, -0.1) is 6.58 Å². The monoisotopic (exact) mass is 444 g/mol. The molecule has 1 fully saturated rings. The molecule has 0 bridgehead atoms. The summed E-state index contributed by atoms with van der Waals surface area (Å²) in [6.45, 7) is 12.8. The Kier molecular flexibility index (Phi) is 7.79. The van der Waals surface area contributed by atoms with Crippen LogP contribution in [0, 0.1) is 18.8 Å². The molecule has 1 aromatic rings. The molecular formula is C24H33ClN4O2. The molecule has 0 radical (unpaired) electrons. The molecule has 0 aliphatic carbocycles. The number of amides is 2. The number of likely N-dealkylation sites (tertiary alicyclic amines) is 1. The molecule has 6 nitrogen and oxygen atoms in total. The van der Waals surface area contributed by atoms with Crippen LogP contribution in [0.4, 0.5) is 5.69 Å². The van der Waals surface area contributed by atoms with Crippen LogP contribution in [-0.2, 0) is 4.79 Å². The van der Waals surface area contributed by atoms with E-state index in [2.05, 4.69) is 27.4 Å². The van der Waals surface area contributed by atoms with Crippen LogP contribution in [0.1, 0.15) is 42.6 Å². The third kappa shape index (κ3) is 5.89. The number of rotatable bonds is 7. The Morgan fingerprint density at radius 2 is 2.03 bits per heavy atom. The first-order valence-electron chi connectivity index (χ1n) is 11.0. The summed E-state index contributed by atoms with van der Waals surface area (Å²) in [5.74, 6) is -0.486. The number of carbonyl (C=O) groups excluding carboxylic acids is 2. The van der Waals surface area contributed by atoms with E-state index in [0.29, 0.717) is 16.6 Å².